The first-order chi connectivity index (χ1) is 7.70. The standard InChI is InChI=1S/C14H19NO/c1-10(14(15)16)13(11-6-2-3-7-11)12-8-4-5-9-12/h6,8H,2-5,7,9H2,1H3,(H2,15,16). The van der Waals surface area contributed by atoms with Crippen LogP contribution in [-0.4, -0.2) is 5.91 Å². The summed E-state index contributed by atoms with van der Waals surface area (Å²) in [6, 6.07) is 0. The lowest BCUT2D eigenvalue weighted by Gasteiger charge is -2.13. The Kier molecular flexibility index (Phi) is 3.28. The summed E-state index contributed by atoms with van der Waals surface area (Å²) in [5, 5.41) is 0. The monoisotopic (exact) mass is 217 g/mol. The Balaban J connectivity index is 2.40. The second-order valence-electron chi connectivity index (χ2n) is 4.61. The summed E-state index contributed by atoms with van der Waals surface area (Å²) in [4.78, 5) is 11.4. The van der Waals surface area contributed by atoms with Gasteiger partial charge in [-0.15, -0.1) is 0 Å². The van der Waals surface area contributed by atoms with Crippen LogP contribution in [0.2, 0.25) is 0 Å². The first-order valence-corrected chi connectivity index (χ1v) is 6.09. The maximum atomic E-state index is 11.4. The minimum atomic E-state index is -0.282. The number of hydrogen-bond acceptors (Lipinski definition) is 1. The van der Waals surface area contributed by atoms with Crippen LogP contribution in [0.1, 0.15) is 45.4 Å². The molecule has 0 aliphatic heterocycles. The van der Waals surface area contributed by atoms with E-state index in [4.69, 9.17) is 5.73 Å². The molecule has 0 spiro atoms. The van der Waals surface area contributed by atoms with E-state index in [1.54, 1.807) is 0 Å². The lowest BCUT2D eigenvalue weighted by atomic mass is 9.92. The third-order valence-corrected chi connectivity index (χ3v) is 3.47. The Morgan fingerprint density at radius 2 is 1.62 bits per heavy atom. The van der Waals surface area contributed by atoms with Crippen molar-refractivity contribution in [2.24, 2.45) is 5.73 Å². The minimum absolute atomic E-state index is 0.282. The molecule has 0 aromatic heterocycles. The number of primary amides is 1. The maximum Gasteiger partial charge on any atom is 0.244 e. The third kappa shape index (κ3) is 2.11. The van der Waals surface area contributed by atoms with E-state index >= 15 is 0 Å². The maximum absolute atomic E-state index is 11.4. The second-order valence-corrected chi connectivity index (χ2v) is 4.61. The largest absolute Gasteiger partial charge is 0.366 e. The van der Waals surface area contributed by atoms with Gasteiger partial charge in [-0.1, -0.05) is 12.2 Å². The molecule has 2 nitrogen and oxygen atoms in total. The van der Waals surface area contributed by atoms with Crippen LogP contribution in [0.5, 0.6) is 0 Å². The van der Waals surface area contributed by atoms with Gasteiger partial charge in [-0.25, -0.2) is 0 Å². The summed E-state index contributed by atoms with van der Waals surface area (Å²) in [7, 11) is 0. The van der Waals surface area contributed by atoms with Crippen LogP contribution in [0, 0.1) is 0 Å². The van der Waals surface area contributed by atoms with Gasteiger partial charge in [0.25, 0.3) is 0 Å². The van der Waals surface area contributed by atoms with Crippen molar-refractivity contribution in [2.75, 3.05) is 0 Å². The molecule has 0 heterocycles. The van der Waals surface area contributed by atoms with Crippen molar-refractivity contribution in [1.29, 1.82) is 0 Å². The van der Waals surface area contributed by atoms with Crippen LogP contribution in [0.25, 0.3) is 0 Å². The minimum Gasteiger partial charge on any atom is -0.366 e. The lowest BCUT2D eigenvalue weighted by Crippen LogP contribution is -2.15. The van der Waals surface area contributed by atoms with Gasteiger partial charge in [0.2, 0.25) is 5.91 Å². The van der Waals surface area contributed by atoms with E-state index in [9.17, 15) is 4.79 Å². The highest BCUT2D eigenvalue weighted by molar-refractivity contribution is 5.94. The number of nitrogens with two attached hydrogens (primary N) is 1. The topological polar surface area (TPSA) is 43.1 Å². The van der Waals surface area contributed by atoms with Gasteiger partial charge < -0.3 is 5.73 Å². The van der Waals surface area contributed by atoms with Crippen molar-refractivity contribution >= 4 is 5.91 Å². The number of carbonyl (C=O) groups excluding carboxylic acids is 1. The zero-order valence-electron chi connectivity index (χ0n) is 9.88. The molecule has 1 amide bonds. The fourth-order valence-corrected chi connectivity index (χ4v) is 2.61. The number of rotatable bonds is 3. The van der Waals surface area contributed by atoms with E-state index in [1.807, 2.05) is 6.92 Å². The van der Waals surface area contributed by atoms with Crippen molar-refractivity contribution < 1.29 is 4.79 Å². The van der Waals surface area contributed by atoms with E-state index in [0.717, 1.165) is 36.8 Å². The molecule has 0 bridgehead atoms. The molecule has 2 heteroatoms. The van der Waals surface area contributed by atoms with Crippen LogP contribution in [0.15, 0.2) is 34.4 Å². The summed E-state index contributed by atoms with van der Waals surface area (Å²) in [5.74, 6) is -0.282. The highest BCUT2D eigenvalue weighted by Crippen LogP contribution is 2.36. The molecule has 0 radical (unpaired) electrons. The second kappa shape index (κ2) is 4.69. The van der Waals surface area contributed by atoms with Gasteiger partial charge in [0.1, 0.15) is 0 Å². The molecule has 0 fully saturated rings. The molecular weight excluding hydrogens is 198 g/mol. The van der Waals surface area contributed by atoms with Gasteiger partial charge in [-0.2, -0.15) is 0 Å². The Labute approximate surface area is 96.9 Å². The number of allylic oxidation sites excluding steroid dienone is 5. The smallest absolute Gasteiger partial charge is 0.244 e. The molecule has 0 atom stereocenters. The first kappa shape index (κ1) is 11.2. The van der Waals surface area contributed by atoms with Crippen molar-refractivity contribution in [3.8, 4) is 0 Å². The molecule has 0 saturated carbocycles. The quantitative estimate of drug-likeness (QED) is 0.725. The molecule has 0 saturated heterocycles. The Hall–Kier alpha value is -1.31. The average Bonchev–Trinajstić information content (AvgIpc) is 2.89. The van der Waals surface area contributed by atoms with Gasteiger partial charge in [0.15, 0.2) is 0 Å². The molecule has 2 N–H and O–H groups in total. The van der Waals surface area contributed by atoms with Crippen molar-refractivity contribution in [3.05, 3.63) is 34.4 Å². The van der Waals surface area contributed by atoms with Crippen LogP contribution in [0.3, 0.4) is 0 Å². The van der Waals surface area contributed by atoms with E-state index in [-0.39, 0.29) is 5.91 Å². The highest BCUT2D eigenvalue weighted by atomic mass is 16.1. The zero-order chi connectivity index (χ0) is 11.5. The Morgan fingerprint density at radius 3 is 1.94 bits per heavy atom. The van der Waals surface area contributed by atoms with Crippen LogP contribution in [0.4, 0.5) is 0 Å². The van der Waals surface area contributed by atoms with E-state index in [0.29, 0.717) is 0 Å². The Morgan fingerprint density at radius 1 is 1.12 bits per heavy atom. The zero-order valence-corrected chi connectivity index (χ0v) is 9.88. The predicted molar refractivity (Wildman–Crippen MR) is 65.8 cm³/mol. The average molecular weight is 217 g/mol. The number of carbonyl (C=O) groups is 1. The molecule has 16 heavy (non-hydrogen) atoms. The third-order valence-electron chi connectivity index (χ3n) is 3.47. The van der Waals surface area contributed by atoms with Gasteiger partial charge >= 0.3 is 0 Å². The summed E-state index contributed by atoms with van der Waals surface area (Å²) < 4.78 is 0. The van der Waals surface area contributed by atoms with Crippen LogP contribution >= 0.6 is 0 Å². The normalized spacial score (nSPS) is 19.3. The summed E-state index contributed by atoms with van der Waals surface area (Å²) >= 11 is 0. The van der Waals surface area contributed by atoms with Gasteiger partial charge in [0.05, 0.1) is 0 Å². The number of hydrogen-bond donors (Lipinski definition) is 1. The molecule has 86 valence electrons. The molecule has 2 aliphatic carbocycles. The van der Waals surface area contributed by atoms with E-state index < -0.39 is 0 Å². The van der Waals surface area contributed by atoms with E-state index in [1.165, 1.54) is 24.0 Å². The highest BCUT2D eigenvalue weighted by Gasteiger charge is 2.20. The van der Waals surface area contributed by atoms with Crippen LogP contribution < -0.4 is 5.73 Å². The SMILES string of the molecule is CC(C(N)=O)=C(C1=CCCC1)C1=CCCC1. The lowest BCUT2D eigenvalue weighted by molar-refractivity contribution is -0.114. The van der Waals surface area contributed by atoms with Crippen LogP contribution in [-0.2, 0) is 4.79 Å². The van der Waals surface area contributed by atoms with E-state index in [2.05, 4.69) is 12.2 Å². The van der Waals surface area contributed by atoms with Crippen molar-refractivity contribution in [3.63, 3.8) is 0 Å². The van der Waals surface area contributed by atoms with Gasteiger partial charge in [-0.05, 0) is 62.2 Å². The fraction of sp³-hybridized carbons (Fsp3) is 0.500. The van der Waals surface area contributed by atoms with Crippen molar-refractivity contribution in [2.45, 2.75) is 45.4 Å². The molecule has 0 unspecified atom stereocenters. The fourth-order valence-electron chi connectivity index (χ4n) is 2.61. The molecule has 0 aromatic rings. The molecular formula is C14H19NO. The van der Waals surface area contributed by atoms with Gasteiger partial charge in [-0.3, -0.25) is 4.79 Å². The summed E-state index contributed by atoms with van der Waals surface area (Å²) in [6.45, 7) is 1.86. The van der Waals surface area contributed by atoms with Crippen molar-refractivity contribution in [1.82, 2.24) is 0 Å². The van der Waals surface area contributed by atoms with Gasteiger partial charge in [0, 0.05) is 5.57 Å². The summed E-state index contributed by atoms with van der Waals surface area (Å²) in [6.07, 6.45) is 11.4. The molecule has 2 rings (SSSR count). The number of amides is 1. The molecule has 0 aromatic carbocycles. The molecule has 2 aliphatic rings. The Bertz CT molecular complexity index is 373. The first-order valence-electron chi connectivity index (χ1n) is 6.09. The summed E-state index contributed by atoms with van der Waals surface area (Å²) in [5.41, 5.74) is 9.99. The predicted octanol–water partition coefficient (Wildman–Crippen LogP) is 3.01.